The van der Waals surface area contributed by atoms with Gasteiger partial charge in [0.1, 0.15) is 0 Å². The van der Waals surface area contributed by atoms with Gasteiger partial charge in [0.2, 0.25) is 0 Å². The van der Waals surface area contributed by atoms with E-state index in [1.165, 1.54) is 6.42 Å². The second kappa shape index (κ2) is 6.41. The predicted octanol–water partition coefficient (Wildman–Crippen LogP) is 2.83. The van der Waals surface area contributed by atoms with Crippen LogP contribution >= 0.6 is 0 Å². The molecule has 0 spiro atoms. The first kappa shape index (κ1) is 13.9. The lowest BCUT2D eigenvalue weighted by Gasteiger charge is -2.28. The fourth-order valence-electron chi connectivity index (χ4n) is 1.31. The summed E-state index contributed by atoms with van der Waals surface area (Å²) in [7, 11) is 0. The largest absolute Gasteiger partial charge is 0.374 e. The molecule has 0 fully saturated rings. The maximum absolute atomic E-state index is 5.80. The Balaban J connectivity index is 3.96. The zero-order valence-electron chi connectivity index (χ0n) is 10.7. The van der Waals surface area contributed by atoms with Gasteiger partial charge in [-0.05, 0) is 33.2 Å². The van der Waals surface area contributed by atoms with Gasteiger partial charge in [0, 0.05) is 6.04 Å². The quantitative estimate of drug-likeness (QED) is 0.713. The molecule has 86 valence electrons. The van der Waals surface area contributed by atoms with Gasteiger partial charge in [0.25, 0.3) is 0 Å². The second-order valence-corrected chi connectivity index (χ2v) is 4.97. The molecule has 0 aromatic carbocycles. The molecule has 0 bridgehead atoms. The van der Waals surface area contributed by atoms with E-state index in [1.54, 1.807) is 0 Å². The van der Waals surface area contributed by atoms with Gasteiger partial charge in [0.15, 0.2) is 0 Å². The molecular formula is C12H27NO. The molecule has 2 unspecified atom stereocenters. The van der Waals surface area contributed by atoms with E-state index >= 15 is 0 Å². The van der Waals surface area contributed by atoms with E-state index in [1.807, 2.05) is 0 Å². The summed E-state index contributed by atoms with van der Waals surface area (Å²) in [6.07, 6.45) is 1.20. The molecule has 0 heterocycles. The van der Waals surface area contributed by atoms with Crippen LogP contribution in [-0.4, -0.2) is 24.8 Å². The van der Waals surface area contributed by atoms with Gasteiger partial charge < -0.3 is 10.1 Å². The van der Waals surface area contributed by atoms with Crippen molar-refractivity contribution in [2.45, 2.75) is 59.6 Å². The third-order valence-electron chi connectivity index (χ3n) is 2.49. The van der Waals surface area contributed by atoms with Crippen molar-refractivity contribution in [3.8, 4) is 0 Å². The molecule has 2 nitrogen and oxygen atoms in total. The van der Waals surface area contributed by atoms with Crippen LogP contribution in [0.25, 0.3) is 0 Å². The van der Waals surface area contributed by atoms with E-state index in [2.05, 4.69) is 46.9 Å². The number of ether oxygens (including phenoxy) is 1. The Labute approximate surface area is 89.4 Å². The highest BCUT2D eigenvalue weighted by molar-refractivity contribution is 4.73. The van der Waals surface area contributed by atoms with Crippen molar-refractivity contribution in [3.05, 3.63) is 0 Å². The average Bonchev–Trinajstić information content (AvgIpc) is 2.09. The molecule has 0 rings (SSSR count). The minimum Gasteiger partial charge on any atom is -0.374 e. The van der Waals surface area contributed by atoms with Crippen molar-refractivity contribution in [2.75, 3.05) is 13.2 Å². The van der Waals surface area contributed by atoms with Gasteiger partial charge in [-0.2, -0.15) is 0 Å². The molecule has 0 aliphatic heterocycles. The smallest absolute Gasteiger partial charge is 0.0629 e. The Hall–Kier alpha value is -0.0800. The predicted molar refractivity (Wildman–Crippen MR) is 62.6 cm³/mol. The molecule has 0 saturated heterocycles. The molecule has 1 N–H and O–H groups in total. The van der Waals surface area contributed by atoms with E-state index < -0.39 is 0 Å². The van der Waals surface area contributed by atoms with Crippen molar-refractivity contribution < 1.29 is 4.74 Å². The maximum Gasteiger partial charge on any atom is 0.0629 e. The molecule has 0 aromatic heterocycles. The van der Waals surface area contributed by atoms with Crippen LogP contribution in [0.1, 0.15) is 48.0 Å². The normalized spacial score (nSPS) is 16.7. The summed E-state index contributed by atoms with van der Waals surface area (Å²) in [4.78, 5) is 0. The van der Waals surface area contributed by atoms with Crippen molar-refractivity contribution in [2.24, 2.45) is 5.92 Å². The van der Waals surface area contributed by atoms with E-state index in [-0.39, 0.29) is 5.60 Å². The molecule has 14 heavy (non-hydrogen) atoms. The van der Waals surface area contributed by atoms with Gasteiger partial charge in [-0.25, -0.2) is 0 Å². The average molecular weight is 201 g/mol. The van der Waals surface area contributed by atoms with E-state index in [4.69, 9.17) is 4.74 Å². The maximum atomic E-state index is 5.80. The van der Waals surface area contributed by atoms with E-state index in [0.717, 1.165) is 13.2 Å². The third kappa shape index (κ3) is 6.39. The highest BCUT2D eigenvalue weighted by Crippen LogP contribution is 2.12. The fraction of sp³-hybridized carbons (Fsp3) is 1.00. The van der Waals surface area contributed by atoms with Crippen molar-refractivity contribution in [3.63, 3.8) is 0 Å². The Morgan fingerprint density at radius 2 is 1.79 bits per heavy atom. The summed E-state index contributed by atoms with van der Waals surface area (Å²) >= 11 is 0. The molecule has 0 amide bonds. The van der Waals surface area contributed by atoms with Crippen LogP contribution in [0.2, 0.25) is 0 Å². The lowest BCUT2D eigenvalue weighted by Crippen LogP contribution is -2.40. The van der Waals surface area contributed by atoms with Crippen LogP contribution in [0.15, 0.2) is 0 Å². The minimum absolute atomic E-state index is 0.0267. The fourth-order valence-corrected chi connectivity index (χ4v) is 1.31. The van der Waals surface area contributed by atoms with Crippen LogP contribution in [0.5, 0.6) is 0 Å². The summed E-state index contributed by atoms with van der Waals surface area (Å²) in [6, 6.07) is 0.490. The van der Waals surface area contributed by atoms with Gasteiger partial charge in [-0.1, -0.05) is 27.2 Å². The molecule has 0 saturated carbocycles. The molecule has 0 aromatic rings. The van der Waals surface area contributed by atoms with Crippen LogP contribution in [0.3, 0.4) is 0 Å². The number of hydrogen-bond donors (Lipinski definition) is 1. The summed E-state index contributed by atoms with van der Waals surface area (Å²) in [5.41, 5.74) is -0.0267. The van der Waals surface area contributed by atoms with Crippen molar-refractivity contribution in [1.29, 1.82) is 0 Å². The monoisotopic (exact) mass is 201 g/mol. The summed E-state index contributed by atoms with van der Waals surface area (Å²) < 4.78 is 5.80. The topological polar surface area (TPSA) is 21.3 Å². The molecule has 2 heteroatoms. The van der Waals surface area contributed by atoms with Crippen LogP contribution in [0, 0.1) is 5.92 Å². The first-order valence-corrected chi connectivity index (χ1v) is 5.78. The lowest BCUT2D eigenvalue weighted by atomic mass is 9.99. The van der Waals surface area contributed by atoms with Crippen molar-refractivity contribution >= 4 is 0 Å². The molecule has 0 radical (unpaired) electrons. The van der Waals surface area contributed by atoms with E-state index in [9.17, 15) is 0 Å². The van der Waals surface area contributed by atoms with Crippen molar-refractivity contribution in [1.82, 2.24) is 5.32 Å². The zero-order chi connectivity index (χ0) is 11.2. The lowest BCUT2D eigenvalue weighted by molar-refractivity contribution is -0.0211. The minimum atomic E-state index is -0.0267. The molecular weight excluding hydrogens is 174 g/mol. The Morgan fingerprint density at radius 1 is 1.21 bits per heavy atom. The third-order valence-corrected chi connectivity index (χ3v) is 2.49. The molecule has 0 aliphatic carbocycles. The number of likely N-dealkylation sites (N-methyl/N-ethyl adjacent to an activating group) is 1. The van der Waals surface area contributed by atoms with Gasteiger partial charge in [-0.15, -0.1) is 0 Å². The first-order chi connectivity index (χ1) is 6.40. The van der Waals surface area contributed by atoms with Gasteiger partial charge in [-0.3, -0.25) is 0 Å². The highest BCUT2D eigenvalue weighted by Gasteiger charge is 2.18. The second-order valence-electron chi connectivity index (χ2n) is 4.97. The van der Waals surface area contributed by atoms with Crippen LogP contribution in [-0.2, 0) is 4.74 Å². The Bertz CT molecular complexity index is 140. The van der Waals surface area contributed by atoms with Gasteiger partial charge in [0.05, 0.1) is 12.2 Å². The summed E-state index contributed by atoms with van der Waals surface area (Å²) in [5, 5.41) is 3.48. The highest BCUT2D eigenvalue weighted by atomic mass is 16.5. The number of hydrogen-bond acceptors (Lipinski definition) is 2. The SMILES string of the molecule is CCNC(COC(C)(C)C)C(C)CC. The first-order valence-electron chi connectivity index (χ1n) is 5.78. The Kier molecular flexibility index (Phi) is 6.38. The van der Waals surface area contributed by atoms with Gasteiger partial charge >= 0.3 is 0 Å². The molecule has 0 aliphatic rings. The molecule has 2 atom stereocenters. The standard InChI is InChI=1S/C12H27NO/c1-7-10(3)11(13-8-2)9-14-12(4,5)6/h10-11,13H,7-9H2,1-6H3. The Morgan fingerprint density at radius 3 is 2.14 bits per heavy atom. The summed E-state index contributed by atoms with van der Waals surface area (Å²) in [5.74, 6) is 0.678. The zero-order valence-corrected chi connectivity index (χ0v) is 10.7. The van der Waals surface area contributed by atoms with E-state index in [0.29, 0.717) is 12.0 Å². The summed E-state index contributed by atoms with van der Waals surface area (Å²) in [6.45, 7) is 14.8. The number of nitrogens with one attached hydrogen (secondary N) is 1. The number of rotatable bonds is 6. The van der Waals surface area contributed by atoms with Crippen LogP contribution in [0.4, 0.5) is 0 Å². The van der Waals surface area contributed by atoms with Crippen LogP contribution < -0.4 is 5.32 Å².